The molecular weight excluding hydrogens is 502 g/mol. The van der Waals surface area contributed by atoms with Gasteiger partial charge in [0.15, 0.2) is 0 Å². The lowest BCUT2D eigenvalue weighted by atomic mass is 9.85. The number of pyridine rings is 1. The molecule has 2 aliphatic heterocycles. The Morgan fingerprint density at radius 2 is 1.60 bits per heavy atom. The van der Waals surface area contributed by atoms with Gasteiger partial charge in [0.25, 0.3) is 11.8 Å². The lowest BCUT2D eigenvalue weighted by Gasteiger charge is -2.39. The van der Waals surface area contributed by atoms with Crippen molar-refractivity contribution in [2.24, 2.45) is 5.41 Å². The number of likely N-dealkylation sites (tertiary alicyclic amines) is 2. The van der Waals surface area contributed by atoms with Gasteiger partial charge in [-0.25, -0.2) is 0 Å². The van der Waals surface area contributed by atoms with E-state index in [1.54, 1.807) is 18.3 Å². The van der Waals surface area contributed by atoms with Crippen LogP contribution in [-0.4, -0.2) is 68.7 Å². The van der Waals surface area contributed by atoms with Crippen LogP contribution in [0.5, 0.6) is 0 Å². The Kier molecular flexibility index (Phi) is 6.41. The lowest BCUT2D eigenvalue weighted by molar-refractivity contribution is -0.138. The van der Waals surface area contributed by atoms with Crippen molar-refractivity contribution in [1.29, 1.82) is 0 Å². The molecule has 8 heteroatoms. The molecule has 0 saturated carbocycles. The number of carbonyl (C=O) groups excluding carboxylic acids is 3. The largest absolute Gasteiger partial charge is 0.351 e. The molecule has 6 rings (SSSR count). The number of amides is 3. The van der Waals surface area contributed by atoms with Crippen molar-refractivity contribution < 1.29 is 14.4 Å². The van der Waals surface area contributed by atoms with Crippen LogP contribution < -0.4 is 5.32 Å². The van der Waals surface area contributed by atoms with Crippen molar-refractivity contribution in [2.75, 3.05) is 13.1 Å². The summed E-state index contributed by atoms with van der Waals surface area (Å²) in [7, 11) is 0. The third-order valence-electron chi connectivity index (χ3n) is 8.04. The molecule has 0 aliphatic carbocycles. The Morgan fingerprint density at radius 3 is 2.25 bits per heavy atom. The minimum atomic E-state index is -0.706. The van der Waals surface area contributed by atoms with E-state index in [2.05, 4.69) is 15.3 Å². The third kappa shape index (κ3) is 4.74. The van der Waals surface area contributed by atoms with Gasteiger partial charge in [-0.15, -0.1) is 0 Å². The van der Waals surface area contributed by atoms with E-state index in [1.807, 2.05) is 91.2 Å². The van der Waals surface area contributed by atoms with Gasteiger partial charge >= 0.3 is 0 Å². The van der Waals surface area contributed by atoms with Gasteiger partial charge in [-0.1, -0.05) is 75.4 Å². The first-order chi connectivity index (χ1) is 19.2. The van der Waals surface area contributed by atoms with Gasteiger partial charge in [0.2, 0.25) is 5.91 Å². The molecule has 0 spiro atoms. The molecule has 204 valence electrons. The van der Waals surface area contributed by atoms with Crippen molar-refractivity contribution in [3.63, 3.8) is 0 Å². The van der Waals surface area contributed by atoms with Crippen molar-refractivity contribution in [2.45, 2.75) is 45.3 Å². The standard InChI is InChI=1S/C32H33N5O3/c1-32(2,3)28(35-29(38)27-15-21-11-7-8-12-25(21)34-27)31(40)37-19-23-16-24(37)18-36(23)30(39)26-14-13-22(17-33-26)20-9-5-4-6-10-20/h4-15,17,23-24,28,34H,16,18-19H2,1-3H3,(H,35,38)/t23-,24-,28?/m1/s1. The van der Waals surface area contributed by atoms with Crippen molar-refractivity contribution in [1.82, 2.24) is 25.1 Å². The van der Waals surface area contributed by atoms with E-state index in [-0.39, 0.29) is 29.8 Å². The maximum atomic E-state index is 13.8. The lowest BCUT2D eigenvalue weighted by Crippen LogP contribution is -2.59. The summed E-state index contributed by atoms with van der Waals surface area (Å²) in [5, 5.41) is 3.94. The Hall–Kier alpha value is -4.46. The normalized spacial score (nSPS) is 19.2. The number of fused-ring (bicyclic) bond motifs is 3. The highest BCUT2D eigenvalue weighted by Crippen LogP contribution is 2.34. The van der Waals surface area contributed by atoms with Crippen LogP contribution in [0.15, 0.2) is 79.0 Å². The van der Waals surface area contributed by atoms with E-state index in [0.717, 1.165) is 28.5 Å². The average molecular weight is 536 g/mol. The molecule has 4 heterocycles. The predicted octanol–water partition coefficient (Wildman–Crippen LogP) is 4.50. The molecule has 2 aromatic heterocycles. The van der Waals surface area contributed by atoms with Gasteiger partial charge in [0, 0.05) is 35.8 Å². The third-order valence-corrected chi connectivity index (χ3v) is 8.04. The van der Waals surface area contributed by atoms with E-state index in [0.29, 0.717) is 24.5 Å². The average Bonchev–Trinajstić information content (AvgIpc) is 3.69. The van der Waals surface area contributed by atoms with Crippen LogP contribution in [0.4, 0.5) is 0 Å². The minimum Gasteiger partial charge on any atom is -0.351 e. The molecule has 2 saturated heterocycles. The summed E-state index contributed by atoms with van der Waals surface area (Å²) >= 11 is 0. The SMILES string of the molecule is CC(C)(C)C(NC(=O)c1cc2ccccc2[nH]1)C(=O)N1C[C@H]2C[C@@H]1CN2C(=O)c1ccc(-c2ccccc2)cn1. The summed E-state index contributed by atoms with van der Waals surface area (Å²) in [4.78, 5) is 51.6. The number of aromatic amines is 1. The molecule has 2 bridgehead atoms. The summed E-state index contributed by atoms with van der Waals surface area (Å²) in [6.07, 6.45) is 2.46. The molecule has 3 amide bonds. The molecule has 1 unspecified atom stereocenters. The summed E-state index contributed by atoms with van der Waals surface area (Å²) < 4.78 is 0. The van der Waals surface area contributed by atoms with Gasteiger partial charge in [0.1, 0.15) is 17.4 Å². The number of H-pyrrole nitrogens is 1. The number of aromatic nitrogens is 2. The van der Waals surface area contributed by atoms with Crippen molar-refractivity contribution >= 4 is 28.6 Å². The van der Waals surface area contributed by atoms with Gasteiger partial charge < -0.3 is 20.1 Å². The first kappa shape index (κ1) is 25.8. The zero-order valence-corrected chi connectivity index (χ0v) is 22.9. The molecule has 0 radical (unpaired) electrons. The number of rotatable bonds is 5. The van der Waals surface area contributed by atoms with Crippen molar-refractivity contribution in [3.8, 4) is 11.1 Å². The van der Waals surface area contributed by atoms with Crippen LogP contribution in [0.3, 0.4) is 0 Å². The van der Waals surface area contributed by atoms with Crippen LogP contribution in [-0.2, 0) is 4.79 Å². The monoisotopic (exact) mass is 535 g/mol. The van der Waals surface area contributed by atoms with Crippen LogP contribution in [0, 0.1) is 5.41 Å². The Bertz CT molecular complexity index is 1540. The number of carbonyl (C=O) groups is 3. The molecule has 2 N–H and O–H groups in total. The Labute approximate surface area is 233 Å². The zero-order valence-electron chi connectivity index (χ0n) is 22.9. The molecule has 8 nitrogen and oxygen atoms in total. The summed E-state index contributed by atoms with van der Waals surface area (Å²) in [6, 6.07) is 22.3. The highest BCUT2D eigenvalue weighted by atomic mass is 16.2. The molecule has 2 fully saturated rings. The summed E-state index contributed by atoms with van der Waals surface area (Å²) in [5.41, 5.74) is 3.21. The topological polar surface area (TPSA) is 98.4 Å². The van der Waals surface area contributed by atoms with Crippen LogP contribution in [0.1, 0.15) is 48.2 Å². The smallest absolute Gasteiger partial charge is 0.272 e. The van der Waals surface area contributed by atoms with Crippen LogP contribution in [0.25, 0.3) is 22.0 Å². The molecule has 4 aromatic rings. The molecule has 40 heavy (non-hydrogen) atoms. The predicted molar refractivity (Wildman–Crippen MR) is 154 cm³/mol. The first-order valence-electron chi connectivity index (χ1n) is 13.7. The second-order valence-electron chi connectivity index (χ2n) is 11.8. The van der Waals surface area contributed by atoms with E-state index in [1.165, 1.54) is 0 Å². The maximum Gasteiger partial charge on any atom is 0.272 e. The van der Waals surface area contributed by atoms with E-state index >= 15 is 0 Å². The van der Waals surface area contributed by atoms with Crippen molar-refractivity contribution in [3.05, 3.63) is 90.4 Å². The van der Waals surface area contributed by atoms with Gasteiger partial charge in [-0.2, -0.15) is 0 Å². The summed E-state index contributed by atoms with van der Waals surface area (Å²) in [5.74, 6) is -0.531. The fourth-order valence-corrected chi connectivity index (χ4v) is 5.87. The van der Waals surface area contributed by atoms with Gasteiger partial charge in [-0.3, -0.25) is 19.4 Å². The van der Waals surface area contributed by atoms with E-state index < -0.39 is 11.5 Å². The molecule has 2 aromatic carbocycles. The maximum absolute atomic E-state index is 13.8. The number of benzene rings is 2. The second kappa shape index (κ2) is 9.93. The number of nitrogens with one attached hydrogen (secondary N) is 2. The van der Waals surface area contributed by atoms with Crippen LogP contribution in [0.2, 0.25) is 0 Å². The zero-order chi connectivity index (χ0) is 28.0. The molecule has 3 atom stereocenters. The highest BCUT2D eigenvalue weighted by molar-refractivity contribution is 6.00. The minimum absolute atomic E-state index is 0.0675. The molecular formula is C32H33N5O3. The number of hydrogen-bond donors (Lipinski definition) is 2. The number of nitrogens with zero attached hydrogens (tertiary/aromatic N) is 3. The fourth-order valence-electron chi connectivity index (χ4n) is 5.87. The second-order valence-corrected chi connectivity index (χ2v) is 11.8. The molecule has 2 aliphatic rings. The number of hydrogen-bond acceptors (Lipinski definition) is 4. The Balaban J connectivity index is 1.13. The van der Waals surface area contributed by atoms with E-state index in [4.69, 9.17) is 0 Å². The number of piperazine rings is 1. The summed E-state index contributed by atoms with van der Waals surface area (Å²) in [6.45, 7) is 6.78. The fraction of sp³-hybridized carbons (Fsp3) is 0.312. The first-order valence-corrected chi connectivity index (χ1v) is 13.7. The van der Waals surface area contributed by atoms with Crippen LogP contribution >= 0.6 is 0 Å². The van der Waals surface area contributed by atoms with Gasteiger partial charge in [0.05, 0.1) is 12.1 Å². The Morgan fingerprint density at radius 1 is 0.900 bits per heavy atom. The number of para-hydroxylation sites is 1. The van der Waals surface area contributed by atoms with E-state index in [9.17, 15) is 14.4 Å². The quantitative estimate of drug-likeness (QED) is 0.393. The van der Waals surface area contributed by atoms with Gasteiger partial charge in [-0.05, 0) is 35.6 Å². The highest BCUT2D eigenvalue weighted by Gasteiger charge is 2.50.